The van der Waals surface area contributed by atoms with E-state index < -0.39 is 11.9 Å². The third-order valence-electron chi connectivity index (χ3n) is 3.99. The first-order valence-electron chi connectivity index (χ1n) is 6.75. The number of carboxylic acid groups (broad SMARTS) is 1. The maximum absolute atomic E-state index is 12.0. The van der Waals surface area contributed by atoms with Crippen molar-refractivity contribution in [1.29, 1.82) is 0 Å². The molecule has 2 atom stereocenters. The third kappa shape index (κ3) is 3.45. The van der Waals surface area contributed by atoms with Gasteiger partial charge < -0.3 is 15.3 Å². The van der Waals surface area contributed by atoms with E-state index in [9.17, 15) is 14.4 Å². The lowest BCUT2D eigenvalue weighted by Crippen LogP contribution is -2.42. The van der Waals surface area contributed by atoms with Crippen LogP contribution in [0.25, 0.3) is 0 Å². The summed E-state index contributed by atoms with van der Waals surface area (Å²) in [6.45, 7) is 3.51. The topological polar surface area (TPSA) is 86.7 Å². The van der Waals surface area contributed by atoms with Crippen LogP contribution in [0, 0.1) is 17.8 Å². The summed E-state index contributed by atoms with van der Waals surface area (Å²) in [5.74, 6) is -1.25. The highest BCUT2D eigenvalue weighted by Crippen LogP contribution is 2.40. The number of likely N-dealkylation sites (tertiary alicyclic amines) is 1. The van der Waals surface area contributed by atoms with E-state index in [2.05, 4.69) is 5.32 Å². The number of carbonyl (C=O) groups is 3. The molecule has 2 fully saturated rings. The zero-order valence-electron chi connectivity index (χ0n) is 11.1. The third-order valence-corrected chi connectivity index (χ3v) is 3.99. The Morgan fingerprint density at radius 3 is 2.32 bits per heavy atom. The van der Waals surface area contributed by atoms with Crippen LogP contribution >= 0.6 is 0 Å². The van der Waals surface area contributed by atoms with E-state index in [4.69, 9.17) is 5.11 Å². The minimum absolute atomic E-state index is 0.00891. The fourth-order valence-electron chi connectivity index (χ4n) is 2.62. The van der Waals surface area contributed by atoms with E-state index in [-0.39, 0.29) is 17.7 Å². The average Bonchev–Trinajstić information content (AvgIpc) is 3.16. The van der Waals surface area contributed by atoms with Gasteiger partial charge in [0.25, 0.3) is 0 Å². The molecular weight excluding hydrogens is 248 g/mol. The molecule has 2 rings (SSSR count). The Kier molecular flexibility index (Phi) is 4.07. The van der Waals surface area contributed by atoms with Crippen LogP contribution in [0.5, 0.6) is 0 Å². The minimum atomic E-state index is -0.862. The molecule has 1 saturated heterocycles. The Bertz CT molecular complexity index is 388. The standard InChI is InChI=1S/C13H20N2O4/c1-8(16)14-7-9-2-4-15(5-3-9)12(17)10-6-11(10)13(18)19/h9-11H,2-7H2,1H3,(H,14,16)(H,18,19). The normalized spacial score (nSPS) is 26.9. The maximum Gasteiger partial charge on any atom is 0.307 e. The Morgan fingerprint density at radius 2 is 1.84 bits per heavy atom. The first-order valence-corrected chi connectivity index (χ1v) is 6.75. The summed E-state index contributed by atoms with van der Waals surface area (Å²) >= 11 is 0. The smallest absolute Gasteiger partial charge is 0.307 e. The van der Waals surface area contributed by atoms with Crippen molar-refractivity contribution >= 4 is 17.8 Å². The largest absolute Gasteiger partial charge is 0.481 e. The summed E-state index contributed by atoms with van der Waals surface area (Å²) in [5, 5.41) is 11.6. The summed E-state index contributed by atoms with van der Waals surface area (Å²) in [5.41, 5.74) is 0. The fourth-order valence-corrected chi connectivity index (χ4v) is 2.62. The zero-order valence-corrected chi connectivity index (χ0v) is 11.1. The lowest BCUT2D eigenvalue weighted by molar-refractivity contribution is -0.142. The average molecular weight is 268 g/mol. The Hall–Kier alpha value is -1.59. The first kappa shape index (κ1) is 13.8. The van der Waals surface area contributed by atoms with Crippen molar-refractivity contribution in [3.8, 4) is 0 Å². The lowest BCUT2D eigenvalue weighted by Gasteiger charge is -2.32. The van der Waals surface area contributed by atoms with Crippen LogP contribution in [-0.2, 0) is 14.4 Å². The van der Waals surface area contributed by atoms with Gasteiger partial charge >= 0.3 is 5.97 Å². The summed E-state index contributed by atoms with van der Waals surface area (Å²) in [6.07, 6.45) is 2.23. The molecular formula is C13H20N2O4. The molecule has 1 aliphatic heterocycles. The van der Waals surface area contributed by atoms with Gasteiger partial charge in [0.1, 0.15) is 0 Å². The van der Waals surface area contributed by atoms with Gasteiger partial charge in [0.2, 0.25) is 11.8 Å². The Labute approximate surface area is 112 Å². The number of rotatable bonds is 4. The minimum Gasteiger partial charge on any atom is -0.481 e. The molecule has 106 valence electrons. The molecule has 0 aromatic rings. The van der Waals surface area contributed by atoms with Crippen LogP contribution in [0.15, 0.2) is 0 Å². The fraction of sp³-hybridized carbons (Fsp3) is 0.769. The van der Waals surface area contributed by atoms with Crippen molar-refractivity contribution in [2.45, 2.75) is 26.2 Å². The van der Waals surface area contributed by atoms with Gasteiger partial charge in [0, 0.05) is 26.6 Å². The van der Waals surface area contributed by atoms with E-state index in [1.807, 2.05) is 0 Å². The van der Waals surface area contributed by atoms with Crippen LogP contribution in [0.2, 0.25) is 0 Å². The molecule has 0 radical (unpaired) electrons. The second-order valence-corrected chi connectivity index (χ2v) is 5.49. The molecule has 19 heavy (non-hydrogen) atoms. The van der Waals surface area contributed by atoms with Crippen LogP contribution in [0.4, 0.5) is 0 Å². The van der Waals surface area contributed by atoms with E-state index in [0.29, 0.717) is 32.0 Å². The Balaban J connectivity index is 1.73. The molecule has 0 bridgehead atoms. The monoisotopic (exact) mass is 268 g/mol. The quantitative estimate of drug-likeness (QED) is 0.756. The van der Waals surface area contributed by atoms with Crippen molar-refractivity contribution in [2.75, 3.05) is 19.6 Å². The van der Waals surface area contributed by atoms with Gasteiger partial charge in [-0.3, -0.25) is 14.4 Å². The van der Waals surface area contributed by atoms with Gasteiger partial charge in [-0.15, -0.1) is 0 Å². The molecule has 6 nitrogen and oxygen atoms in total. The lowest BCUT2D eigenvalue weighted by atomic mass is 9.96. The molecule has 2 N–H and O–H groups in total. The molecule has 2 amide bonds. The molecule has 2 unspecified atom stereocenters. The maximum atomic E-state index is 12.0. The number of carboxylic acids is 1. The number of hydrogen-bond acceptors (Lipinski definition) is 3. The predicted octanol–water partition coefficient (Wildman–Crippen LogP) is 0.0818. The molecule has 2 aliphatic rings. The van der Waals surface area contributed by atoms with Gasteiger partial charge in [-0.1, -0.05) is 0 Å². The van der Waals surface area contributed by atoms with Gasteiger partial charge in [0.15, 0.2) is 0 Å². The molecule has 0 aromatic carbocycles. The number of aliphatic carboxylic acids is 1. The van der Waals surface area contributed by atoms with E-state index >= 15 is 0 Å². The number of piperidine rings is 1. The number of nitrogens with one attached hydrogen (secondary N) is 1. The molecule has 1 aliphatic carbocycles. The van der Waals surface area contributed by atoms with Crippen molar-refractivity contribution in [3.05, 3.63) is 0 Å². The van der Waals surface area contributed by atoms with Crippen LogP contribution in [0.1, 0.15) is 26.2 Å². The molecule has 6 heteroatoms. The van der Waals surface area contributed by atoms with Crippen molar-refractivity contribution < 1.29 is 19.5 Å². The summed E-state index contributed by atoms with van der Waals surface area (Å²) in [4.78, 5) is 35.4. The van der Waals surface area contributed by atoms with Gasteiger partial charge in [-0.25, -0.2) is 0 Å². The highest BCUT2D eigenvalue weighted by molar-refractivity contribution is 5.89. The summed E-state index contributed by atoms with van der Waals surface area (Å²) in [7, 11) is 0. The van der Waals surface area contributed by atoms with Crippen LogP contribution in [0.3, 0.4) is 0 Å². The number of carbonyl (C=O) groups excluding carboxylic acids is 2. The zero-order chi connectivity index (χ0) is 14.0. The molecule has 0 aromatic heterocycles. The predicted molar refractivity (Wildman–Crippen MR) is 67.2 cm³/mol. The second kappa shape index (κ2) is 5.59. The van der Waals surface area contributed by atoms with Crippen molar-refractivity contribution in [1.82, 2.24) is 10.2 Å². The SMILES string of the molecule is CC(=O)NCC1CCN(C(=O)C2CC2C(=O)O)CC1. The van der Waals surface area contributed by atoms with Crippen LogP contribution in [-0.4, -0.2) is 47.4 Å². The summed E-state index contributed by atoms with van der Waals surface area (Å²) < 4.78 is 0. The van der Waals surface area contributed by atoms with Crippen molar-refractivity contribution in [3.63, 3.8) is 0 Å². The molecule has 1 heterocycles. The number of hydrogen-bond donors (Lipinski definition) is 2. The first-order chi connectivity index (χ1) is 8.99. The van der Waals surface area contributed by atoms with E-state index in [1.165, 1.54) is 6.92 Å². The highest BCUT2D eigenvalue weighted by Gasteiger charge is 2.50. The second-order valence-electron chi connectivity index (χ2n) is 5.49. The highest BCUT2D eigenvalue weighted by atomic mass is 16.4. The van der Waals surface area contributed by atoms with E-state index in [0.717, 1.165) is 12.8 Å². The molecule has 1 saturated carbocycles. The van der Waals surface area contributed by atoms with E-state index in [1.54, 1.807) is 4.90 Å². The summed E-state index contributed by atoms with van der Waals surface area (Å²) in [6, 6.07) is 0. The molecule has 0 spiro atoms. The Morgan fingerprint density at radius 1 is 1.21 bits per heavy atom. The number of nitrogens with zero attached hydrogens (tertiary/aromatic N) is 1. The van der Waals surface area contributed by atoms with Crippen molar-refractivity contribution in [2.24, 2.45) is 17.8 Å². The van der Waals surface area contributed by atoms with Gasteiger partial charge in [0.05, 0.1) is 11.8 Å². The number of amides is 2. The van der Waals surface area contributed by atoms with Gasteiger partial charge in [-0.2, -0.15) is 0 Å². The van der Waals surface area contributed by atoms with Gasteiger partial charge in [-0.05, 0) is 25.2 Å². The van der Waals surface area contributed by atoms with Crippen LogP contribution < -0.4 is 5.32 Å².